The number of carbonyl (C=O) groups is 1. The first-order chi connectivity index (χ1) is 14.7. The van der Waals surface area contributed by atoms with Gasteiger partial charge in [-0.15, -0.1) is 4.73 Å². The fraction of sp³-hybridized carbons (Fsp3) is 0.450. The summed E-state index contributed by atoms with van der Waals surface area (Å²) in [5.41, 5.74) is 0.285. The molecule has 0 aliphatic carbocycles. The molecule has 3 rings (SSSR count). The van der Waals surface area contributed by atoms with Crippen LogP contribution in [0.3, 0.4) is 0 Å². The summed E-state index contributed by atoms with van der Waals surface area (Å²) in [5, 5.41) is 3.03. The monoisotopic (exact) mass is 440 g/mol. The summed E-state index contributed by atoms with van der Waals surface area (Å²) >= 11 is 0. The van der Waals surface area contributed by atoms with Crippen molar-refractivity contribution in [1.29, 1.82) is 0 Å². The minimum absolute atomic E-state index is 0.0779. The summed E-state index contributed by atoms with van der Waals surface area (Å²) in [6.07, 6.45) is -4.03. The quantitative estimate of drug-likeness (QED) is 0.740. The molecule has 11 heteroatoms. The van der Waals surface area contributed by atoms with Crippen molar-refractivity contribution in [3.63, 3.8) is 0 Å². The highest BCUT2D eigenvalue weighted by molar-refractivity contribution is 5.77. The zero-order valence-corrected chi connectivity index (χ0v) is 17.3. The van der Waals surface area contributed by atoms with Crippen molar-refractivity contribution in [2.24, 2.45) is 0 Å². The SMILES string of the molecule is COCC(=O)N1CCc2nc(NC(C)c3ccc(C(F)(F)F)cc3)n(OC)c(=O)c2C1. The second kappa shape index (κ2) is 8.96. The molecule has 0 saturated heterocycles. The number of ether oxygens (including phenoxy) is 1. The maximum Gasteiger partial charge on any atom is 0.416 e. The van der Waals surface area contributed by atoms with Crippen molar-refractivity contribution in [2.45, 2.75) is 32.1 Å². The highest BCUT2D eigenvalue weighted by atomic mass is 19.4. The van der Waals surface area contributed by atoms with Gasteiger partial charge in [0.15, 0.2) is 0 Å². The number of alkyl halides is 3. The fourth-order valence-corrected chi connectivity index (χ4v) is 3.39. The number of aromatic nitrogens is 2. The summed E-state index contributed by atoms with van der Waals surface area (Å²) in [6.45, 7) is 2.15. The van der Waals surface area contributed by atoms with Crippen LogP contribution in [0.4, 0.5) is 19.1 Å². The number of nitrogens with zero attached hydrogens (tertiary/aromatic N) is 3. The van der Waals surface area contributed by atoms with Crippen LogP contribution in [0.5, 0.6) is 0 Å². The maximum absolute atomic E-state index is 12.9. The summed E-state index contributed by atoms with van der Waals surface area (Å²) < 4.78 is 44.2. The lowest BCUT2D eigenvalue weighted by molar-refractivity contribution is -0.137. The number of benzene rings is 1. The van der Waals surface area contributed by atoms with E-state index in [1.807, 2.05) is 0 Å². The third kappa shape index (κ3) is 4.82. The Labute approximate surface area is 176 Å². The standard InChI is InChI=1S/C20H23F3N4O4/c1-12(13-4-6-14(7-5-13)20(21,22)23)24-19-25-16-8-9-26(17(28)11-30-2)10-15(16)18(29)27(19)31-3/h4-7,12H,8-11H2,1-3H3,(H,24,25). The molecule has 168 valence electrons. The van der Waals surface area contributed by atoms with Gasteiger partial charge >= 0.3 is 6.18 Å². The van der Waals surface area contributed by atoms with E-state index in [-0.39, 0.29) is 25.0 Å². The van der Waals surface area contributed by atoms with Crippen molar-refractivity contribution in [3.8, 4) is 0 Å². The van der Waals surface area contributed by atoms with Crippen LogP contribution in [0.25, 0.3) is 0 Å². The van der Waals surface area contributed by atoms with E-state index in [1.54, 1.807) is 6.92 Å². The van der Waals surface area contributed by atoms with Crippen LogP contribution in [-0.2, 0) is 28.7 Å². The lowest BCUT2D eigenvalue weighted by atomic mass is 10.1. The third-order valence-electron chi connectivity index (χ3n) is 5.08. The minimum atomic E-state index is -4.41. The number of amides is 1. The normalized spacial score (nSPS) is 14.7. The lowest BCUT2D eigenvalue weighted by Gasteiger charge is -2.29. The van der Waals surface area contributed by atoms with Gasteiger partial charge in [-0.2, -0.15) is 13.2 Å². The summed E-state index contributed by atoms with van der Waals surface area (Å²) in [4.78, 5) is 36.2. The van der Waals surface area contributed by atoms with Crippen LogP contribution in [0, 0.1) is 0 Å². The van der Waals surface area contributed by atoms with E-state index in [0.29, 0.717) is 29.8 Å². The number of hydrogen-bond acceptors (Lipinski definition) is 6. The van der Waals surface area contributed by atoms with Gasteiger partial charge in [0.25, 0.3) is 5.56 Å². The van der Waals surface area contributed by atoms with Gasteiger partial charge in [0.1, 0.15) is 13.7 Å². The molecule has 0 radical (unpaired) electrons. The Kier molecular flexibility index (Phi) is 6.54. The molecule has 1 amide bonds. The molecule has 0 saturated carbocycles. The Balaban J connectivity index is 1.85. The zero-order chi connectivity index (χ0) is 22.8. The molecule has 8 nitrogen and oxygen atoms in total. The van der Waals surface area contributed by atoms with Gasteiger partial charge in [-0.3, -0.25) is 9.59 Å². The molecule has 31 heavy (non-hydrogen) atoms. The fourth-order valence-electron chi connectivity index (χ4n) is 3.39. The number of carbonyl (C=O) groups excluding carboxylic acids is 1. The smallest absolute Gasteiger partial charge is 0.411 e. The number of nitrogens with one attached hydrogen (secondary N) is 1. The second-order valence-corrected chi connectivity index (χ2v) is 7.13. The number of anilines is 1. The van der Waals surface area contributed by atoms with Crippen LogP contribution >= 0.6 is 0 Å². The number of methoxy groups -OCH3 is 1. The third-order valence-corrected chi connectivity index (χ3v) is 5.08. The van der Waals surface area contributed by atoms with E-state index < -0.39 is 23.3 Å². The van der Waals surface area contributed by atoms with E-state index in [4.69, 9.17) is 9.57 Å². The van der Waals surface area contributed by atoms with Gasteiger partial charge < -0.3 is 19.8 Å². The van der Waals surface area contributed by atoms with Crippen molar-refractivity contribution in [2.75, 3.05) is 32.7 Å². The van der Waals surface area contributed by atoms with E-state index in [0.717, 1.165) is 16.9 Å². The first-order valence-electron chi connectivity index (χ1n) is 9.55. The molecule has 2 aromatic rings. The zero-order valence-electron chi connectivity index (χ0n) is 17.3. The largest absolute Gasteiger partial charge is 0.416 e. The van der Waals surface area contributed by atoms with Gasteiger partial charge in [0.2, 0.25) is 11.9 Å². The number of hydrogen-bond donors (Lipinski definition) is 1. The average Bonchev–Trinajstić information content (AvgIpc) is 2.73. The number of fused-ring (bicyclic) bond motifs is 1. The van der Waals surface area contributed by atoms with E-state index >= 15 is 0 Å². The van der Waals surface area contributed by atoms with Crippen molar-refractivity contribution >= 4 is 11.9 Å². The van der Waals surface area contributed by atoms with Crippen LogP contribution in [0.1, 0.15) is 35.3 Å². The molecule has 1 aromatic carbocycles. The Bertz CT molecular complexity index is 1010. The van der Waals surface area contributed by atoms with Gasteiger partial charge in [0.05, 0.1) is 29.4 Å². The molecule has 2 heterocycles. The molecule has 0 fully saturated rings. The highest BCUT2D eigenvalue weighted by Gasteiger charge is 2.30. The van der Waals surface area contributed by atoms with Gasteiger partial charge in [-0.1, -0.05) is 12.1 Å². The Morgan fingerprint density at radius 1 is 1.26 bits per heavy atom. The average molecular weight is 440 g/mol. The van der Waals surface area contributed by atoms with Gasteiger partial charge in [-0.25, -0.2) is 4.98 Å². The molecule has 0 bridgehead atoms. The van der Waals surface area contributed by atoms with Crippen molar-refractivity contribution in [1.82, 2.24) is 14.6 Å². The molecule has 1 atom stereocenters. The van der Waals surface area contributed by atoms with Crippen LogP contribution in [0.2, 0.25) is 0 Å². The minimum Gasteiger partial charge on any atom is -0.411 e. The Morgan fingerprint density at radius 3 is 2.52 bits per heavy atom. The molecular formula is C20H23F3N4O4. The van der Waals surface area contributed by atoms with Gasteiger partial charge in [-0.05, 0) is 24.6 Å². The van der Waals surface area contributed by atoms with E-state index in [9.17, 15) is 22.8 Å². The predicted octanol–water partition coefficient (Wildman–Crippen LogP) is 2.02. The molecule has 1 aliphatic rings. The van der Waals surface area contributed by atoms with Crippen LogP contribution in [-0.4, -0.2) is 47.9 Å². The Hall–Kier alpha value is -3.08. The van der Waals surface area contributed by atoms with Crippen LogP contribution < -0.4 is 15.7 Å². The molecule has 1 aliphatic heterocycles. The molecule has 0 spiro atoms. The van der Waals surface area contributed by atoms with E-state index in [1.165, 1.54) is 31.3 Å². The molecule has 1 unspecified atom stereocenters. The predicted molar refractivity (Wildman–Crippen MR) is 105 cm³/mol. The Morgan fingerprint density at radius 2 is 1.94 bits per heavy atom. The molecule has 1 aromatic heterocycles. The van der Waals surface area contributed by atoms with E-state index in [2.05, 4.69) is 10.3 Å². The van der Waals surface area contributed by atoms with Crippen molar-refractivity contribution in [3.05, 3.63) is 57.0 Å². The summed E-state index contributed by atoms with van der Waals surface area (Å²) in [6, 6.07) is 4.30. The number of halogens is 3. The lowest BCUT2D eigenvalue weighted by Crippen LogP contribution is -2.43. The molecular weight excluding hydrogens is 417 g/mol. The summed E-state index contributed by atoms with van der Waals surface area (Å²) in [7, 11) is 2.73. The second-order valence-electron chi connectivity index (χ2n) is 7.13. The highest BCUT2D eigenvalue weighted by Crippen LogP contribution is 2.30. The first kappa shape index (κ1) is 22.6. The maximum atomic E-state index is 12.9. The number of rotatable bonds is 6. The summed E-state index contributed by atoms with van der Waals surface area (Å²) in [5.74, 6) is -0.0926. The van der Waals surface area contributed by atoms with Crippen molar-refractivity contribution < 1.29 is 27.5 Å². The topological polar surface area (TPSA) is 85.7 Å². The van der Waals surface area contributed by atoms with Crippen LogP contribution in [0.15, 0.2) is 29.1 Å². The van der Waals surface area contributed by atoms with Gasteiger partial charge in [0, 0.05) is 20.1 Å². The first-order valence-corrected chi connectivity index (χ1v) is 9.55. The molecule has 1 N–H and O–H groups in total.